The van der Waals surface area contributed by atoms with Gasteiger partial charge in [0.2, 0.25) is 0 Å². The summed E-state index contributed by atoms with van der Waals surface area (Å²) < 4.78 is 0. The molecule has 30 heavy (non-hydrogen) atoms. The van der Waals surface area contributed by atoms with E-state index < -0.39 is 0 Å². The maximum Gasteiger partial charge on any atom is 0.0162 e. The van der Waals surface area contributed by atoms with E-state index in [0.29, 0.717) is 5.92 Å². The molecule has 160 valence electrons. The van der Waals surface area contributed by atoms with E-state index in [-0.39, 0.29) is 26.7 Å². The first-order valence-electron chi connectivity index (χ1n) is 12.1. The van der Waals surface area contributed by atoms with Crippen LogP contribution in [-0.2, 0) is 6.42 Å². The van der Waals surface area contributed by atoms with Crippen LogP contribution < -0.4 is 0 Å². The van der Waals surface area contributed by atoms with Crippen LogP contribution in [0.25, 0.3) is 5.57 Å². The molecule has 0 spiro atoms. The van der Waals surface area contributed by atoms with E-state index in [2.05, 4.69) is 91.8 Å². The van der Waals surface area contributed by atoms with E-state index in [1.54, 1.807) is 22.3 Å². The first-order valence-corrected chi connectivity index (χ1v) is 13.1. The van der Waals surface area contributed by atoms with E-state index in [1.165, 1.54) is 28.6 Å². The Balaban J connectivity index is 1.95. The largest absolute Gasteiger partial charge is 0.0842 e. The fourth-order valence-electron chi connectivity index (χ4n) is 8.29. The molecule has 0 radical (unpaired) electrons. The van der Waals surface area contributed by atoms with E-state index in [0.717, 1.165) is 6.42 Å². The molecule has 1 heteroatoms. The Morgan fingerprint density at radius 3 is 2.23 bits per heavy atom. The van der Waals surface area contributed by atoms with E-state index >= 15 is 0 Å². The van der Waals surface area contributed by atoms with Crippen LogP contribution in [0.5, 0.6) is 0 Å². The first kappa shape index (κ1) is 20.6. The number of fused-ring (bicyclic) bond motifs is 6. The molecule has 1 aromatic carbocycles. The van der Waals surface area contributed by atoms with Gasteiger partial charge < -0.3 is 0 Å². The molecule has 1 saturated carbocycles. The standard InChI is InChI=1S/C29H40Si/c1-25(2)26(3,4)28(7)22-16-12-11-15-20(22)23-19-14-10-9-13-18(19)17-21(23)24(28)29(8,30)27(25,5)6/h9-11,13-15,22H,12,16-17H2,1-8,30H3. The van der Waals surface area contributed by atoms with Crippen molar-refractivity contribution in [3.8, 4) is 0 Å². The minimum Gasteiger partial charge on any atom is -0.0842 e. The zero-order chi connectivity index (χ0) is 21.9. The molecular formula is C29H40Si. The molecule has 4 aliphatic carbocycles. The van der Waals surface area contributed by atoms with Crippen LogP contribution in [0.1, 0.15) is 79.4 Å². The van der Waals surface area contributed by atoms with Crippen LogP contribution in [0.2, 0.25) is 5.04 Å². The molecule has 5 rings (SSSR count). The monoisotopic (exact) mass is 416 g/mol. The number of allylic oxidation sites excluding steroid dienone is 6. The van der Waals surface area contributed by atoms with Gasteiger partial charge in [0.1, 0.15) is 0 Å². The van der Waals surface area contributed by atoms with Crippen LogP contribution in [0.15, 0.2) is 53.1 Å². The smallest absolute Gasteiger partial charge is 0.0162 e. The molecule has 0 aliphatic heterocycles. The van der Waals surface area contributed by atoms with Gasteiger partial charge in [0.05, 0.1) is 0 Å². The maximum absolute atomic E-state index is 2.67. The molecule has 0 N–H and O–H groups in total. The molecule has 0 heterocycles. The molecule has 1 aromatic rings. The number of rotatable bonds is 0. The second kappa shape index (κ2) is 5.71. The predicted molar refractivity (Wildman–Crippen MR) is 134 cm³/mol. The summed E-state index contributed by atoms with van der Waals surface area (Å²) >= 11 is 0. The lowest BCUT2D eigenvalue weighted by atomic mass is 9.32. The second-order valence-corrected chi connectivity index (χ2v) is 14.8. The third-order valence-electron chi connectivity index (χ3n) is 11.7. The third-order valence-corrected chi connectivity index (χ3v) is 13.4. The predicted octanol–water partition coefficient (Wildman–Crippen LogP) is 6.92. The Hall–Kier alpha value is -1.34. The summed E-state index contributed by atoms with van der Waals surface area (Å²) in [4.78, 5) is 0. The van der Waals surface area contributed by atoms with Crippen LogP contribution in [0.3, 0.4) is 0 Å². The Bertz CT molecular complexity index is 1040. The van der Waals surface area contributed by atoms with Crippen molar-refractivity contribution in [3.05, 3.63) is 64.3 Å². The lowest BCUT2D eigenvalue weighted by Gasteiger charge is -2.74. The van der Waals surface area contributed by atoms with Crippen molar-refractivity contribution in [2.75, 3.05) is 0 Å². The van der Waals surface area contributed by atoms with Gasteiger partial charge in [0.15, 0.2) is 0 Å². The fraction of sp³-hybridized carbons (Fsp3) is 0.586. The van der Waals surface area contributed by atoms with Gasteiger partial charge in [-0.3, -0.25) is 0 Å². The van der Waals surface area contributed by atoms with Crippen molar-refractivity contribution in [2.45, 2.75) is 79.7 Å². The zero-order valence-electron chi connectivity index (χ0n) is 20.7. The molecule has 0 amide bonds. The summed E-state index contributed by atoms with van der Waals surface area (Å²) in [5.41, 5.74) is 10.8. The Labute approximate surface area is 187 Å². The average Bonchev–Trinajstić information content (AvgIpc) is 3.05. The maximum atomic E-state index is 2.67. The van der Waals surface area contributed by atoms with Crippen molar-refractivity contribution >= 4 is 15.8 Å². The van der Waals surface area contributed by atoms with Gasteiger partial charge in [0, 0.05) is 15.7 Å². The van der Waals surface area contributed by atoms with Crippen LogP contribution >= 0.6 is 0 Å². The molecule has 3 unspecified atom stereocenters. The summed E-state index contributed by atoms with van der Waals surface area (Å²) in [6, 6.07) is 9.24. The lowest BCUT2D eigenvalue weighted by Crippen LogP contribution is -2.66. The molecule has 0 aromatic heterocycles. The summed E-state index contributed by atoms with van der Waals surface area (Å²) in [7, 11) is 1.19. The van der Waals surface area contributed by atoms with Crippen molar-refractivity contribution < 1.29 is 0 Å². The highest BCUT2D eigenvalue weighted by Crippen LogP contribution is 2.80. The molecule has 0 bridgehead atoms. The van der Waals surface area contributed by atoms with Gasteiger partial charge >= 0.3 is 0 Å². The van der Waals surface area contributed by atoms with Gasteiger partial charge in [-0.2, -0.15) is 0 Å². The van der Waals surface area contributed by atoms with Gasteiger partial charge in [-0.25, -0.2) is 0 Å². The van der Waals surface area contributed by atoms with Crippen molar-refractivity contribution in [1.82, 2.24) is 0 Å². The van der Waals surface area contributed by atoms with Gasteiger partial charge in [-0.05, 0) is 74.3 Å². The quantitative estimate of drug-likeness (QED) is 0.403. The SMILES string of the molecule is CC1([SiH3])C2=C3Cc4ccccc4C3=C3C=CCCC3C2(C)C(C)(C)C(C)(C)C1(C)C. The highest BCUT2D eigenvalue weighted by Gasteiger charge is 2.71. The number of benzene rings is 1. The molecule has 1 fully saturated rings. The minimum atomic E-state index is 0.198. The molecular weight excluding hydrogens is 376 g/mol. The topological polar surface area (TPSA) is 0 Å². The van der Waals surface area contributed by atoms with Crippen LogP contribution in [0.4, 0.5) is 0 Å². The Morgan fingerprint density at radius 2 is 1.53 bits per heavy atom. The Morgan fingerprint density at radius 1 is 0.867 bits per heavy atom. The Kier molecular flexibility index (Phi) is 3.91. The molecule has 3 atom stereocenters. The van der Waals surface area contributed by atoms with Crippen molar-refractivity contribution in [2.24, 2.45) is 27.6 Å². The summed E-state index contributed by atoms with van der Waals surface area (Å²) in [5, 5.41) is 0.274. The minimum absolute atomic E-state index is 0.198. The summed E-state index contributed by atoms with van der Waals surface area (Å²) in [6.07, 6.45) is 8.60. The molecule has 0 nitrogen and oxygen atoms in total. The first-order chi connectivity index (χ1) is 13.8. The zero-order valence-corrected chi connectivity index (χ0v) is 22.7. The molecule has 0 saturated heterocycles. The van der Waals surface area contributed by atoms with Crippen LogP contribution in [-0.4, -0.2) is 10.2 Å². The third kappa shape index (κ3) is 1.96. The summed E-state index contributed by atoms with van der Waals surface area (Å²) in [5.74, 6) is 0.626. The van der Waals surface area contributed by atoms with Crippen molar-refractivity contribution in [3.63, 3.8) is 0 Å². The van der Waals surface area contributed by atoms with Gasteiger partial charge in [0.25, 0.3) is 0 Å². The molecule has 4 aliphatic rings. The number of hydrogen-bond donors (Lipinski definition) is 0. The van der Waals surface area contributed by atoms with E-state index in [9.17, 15) is 0 Å². The van der Waals surface area contributed by atoms with Crippen molar-refractivity contribution in [1.29, 1.82) is 0 Å². The fourth-order valence-corrected chi connectivity index (χ4v) is 9.74. The highest BCUT2D eigenvalue weighted by atomic mass is 28.1. The van der Waals surface area contributed by atoms with E-state index in [1.807, 2.05) is 5.57 Å². The number of hydrogen-bond acceptors (Lipinski definition) is 0. The lowest BCUT2D eigenvalue weighted by molar-refractivity contribution is -0.154. The van der Waals surface area contributed by atoms with Gasteiger partial charge in [-0.1, -0.05) is 97.4 Å². The average molecular weight is 417 g/mol. The normalized spacial score (nSPS) is 37.5. The van der Waals surface area contributed by atoms with E-state index in [4.69, 9.17) is 0 Å². The second-order valence-electron chi connectivity index (χ2n) is 12.8. The van der Waals surface area contributed by atoms with Crippen LogP contribution in [0, 0.1) is 27.6 Å². The highest BCUT2D eigenvalue weighted by molar-refractivity contribution is 6.19. The van der Waals surface area contributed by atoms with Gasteiger partial charge in [-0.15, -0.1) is 0 Å². The summed E-state index contributed by atoms with van der Waals surface area (Å²) in [6.45, 7) is 20.8.